The van der Waals surface area contributed by atoms with Crippen LogP contribution in [-0.4, -0.2) is 5.11 Å². The first kappa shape index (κ1) is 12.4. The molecule has 2 aromatic rings. The monoisotopic (exact) mass is 242 g/mol. The Morgan fingerprint density at radius 2 is 1.83 bits per heavy atom. The second-order valence-electron chi connectivity index (χ2n) is 5.44. The first-order valence-electron chi connectivity index (χ1n) is 5.76. The Labute approximate surface area is 106 Å². The fourth-order valence-corrected chi connectivity index (χ4v) is 2.17. The molecule has 2 aromatic carbocycles. The number of benzene rings is 2. The quantitative estimate of drug-likeness (QED) is 0.693. The maximum Gasteiger partial charge on any atom is 0.125 e. The van der Waals surface area contributed by atoms with Crippen molar-refractivity contribution in [2.45, 2.75) is 26.2 Å². The zero-order valence-electron chi connectivity index (χ0n) is 10.7. The zero-order valence-corrected chi connectivity index (χ0v) is 10.7. The maximum atomic E-state index is 13.5. The van der Waals surface area contributed by atoms with Crippen LogP contribution in [0.2, 0.25) is 0 Å². The Balaban J connectivity index is 2.99. The molecule has 1 N–H and O–H groups in total. The van der Waals surface area contributed by atoms with Gasteiger partial charge in [-0.1, -0.05) is 26.7 Å². The van der Waals surface area contributed by atoms with Gasteiger partial charge in [0.1, 0.15) is 11.6 Å². The van der Waals surface area contributed by atoms with Crippen LogP contribution in [0.1, 0.15) is 31.9 Å². The van der Waals surface area contributed by atoms with E-state index < -0.39 is 0 Å². The predicted molar refractivity (Wildman–Crippen MR) is 72.2 cm³/mol. The summed E-state index contributed by atoms with van der Waals surface area (Å²) in [5, 5.41) is 11.2. The fraction of sp³-hybridized carbons (Fsp3) is 0.250. The van der Waals surface area contributed by atoms with E-state index in [1.807, 2.05) is 20.8 Å². The molecule has 0 heterocycles. The van der Waals surface area contributed by atoms with E-state index in [0.29, 0.717) is 10.9 Å². The molecule has 92 valence electrons. The minimum atomic E-state index is -0.388. The maximum absolute atomic E-state index is 13.5. The summed E-state index contributed by atoms with van der Waals surface area (Å²) in [6.45, 7) is 6.10. The van der Waals surface area contributed by atoms with Crippen molar-refractivity contribution in [2.75, 3.05) is 0 Å². The van der Waals surface area contributed by atoms with Crippen molar-refractivity contribution in [3.05, 3.63) is 41.2 Å². The molecule has 0 fully saturated rings. The summed E-state index contributed by atoms with van der Waals surface area (Å²) in [5.74, 6) is 2.26. The van der Waals surface area contributed by atoms with Crippen LogP contribution in [0, 0.1) is 18.2 Å². The Morgan fingerprint density at radius 1 is 1.17 bits per heavy atom. The van der Waals surface area contributed by atoms with Crippen molar-refractivity contribution in [2.24, 2.45) is 0 Å². The van der Waals surface area contributed by atoms with Crippen molar-refractivity contribution in [3.63, 3.8) is 0 Å². The number of hydrogen-bond donors (Lipinski definition) is 1. The van der Waals surface area contributed by atoms with E-state index >= 15 is 0 Å². The average molecular weight is 242 g/mol. The van der Waals surface area contributed by atoms with Crippen molar-refractivity contribution < 1.29 is 9.50 Å². The molecular weight excluding hydrogens is 227 g/mol. The lowest BCUT2D eigenvalue weighted by Crippen LogP contribution is -2.12. The molecule has 0 saturated carbocycles. The largest absolute Gasteiger partial charge is 0.508 e. The lowest BCUT2D eigenvalue weighted by atomic mass is 9.82. The van der Waals surface area contributed by atoms with Gasteiger partial charge in [0, 0.05) is 10.9 Å². The topological polar surface area (TPSA) is 20.2 Å². The van der Waals surface area contributed by atoms with Gasteiger partial charge >= 0.3 is 0 Å². The van der Waals surface area contributed by atoms with E-state index in [1.165, 1.54) is 18.2 Å². The van der Waals surface area contributed by atoms with Crippen molar-refractivity contribution in [1.29, 1.82) is 0 Å². The third-order valence-corrected chi connectivity index (χ3v) is 2.96. The Bertz CT molecular complexity index is 652. The summed E-state index contributed by atoms with van der Waals surface area (Å²) in [7, 11) is 0. The highest BCUT2D eigenvalue weighted by Gasteiger charge is 2.20. The predicted octanol–water partition coefficient (Wildman–Crippen LogP) is 3.96. The van der Waals surface area contributed by atoms with E-state index in [0.717, 1.165) is 10.9 Å². The van der Waals surface area contributed by atoms with Gasteiger partial charge in [-0.15, -0.1) is 6.42 Å². The summed E-state index contributed by atoms with van der Waals surface area (Å²) in [6.07, 6.45) is 5.46. The molecule has 2 rings (SSSR count). The summed E-state index contributed by atoms with van der Waals surface area (Å²) in [6, 6.07) is 5.98. The molecule has 0 amide bonds. The van der Waals surface area contributed by atoms with Gasteiger partial charge in [0.25, 0.3) is 0 Å². The van der Waals surface area contributed by atoms with Crippen LogP contribution in [0.4, 0.5) is 4.39 Å². The van der Waals surface area contributed by atoms with Gasteiger partial charge < -0.3 is 5.11 Å². The van der Waals surface area contributed by atoms with Crippen molar-refractivity contribution in [3.8, 4) is 18.1 Å². The zero-order chi connectivity index (χ0) is 13.5. The first-order chi connectivity index (χ1) is 8.32. The van der Waals surface area contributed by atoms with Gasteiger partial charge in [-0.2, -0.15) is 0 Å². The minimum absolute atomic E-state index is 0.126. The van der Waals surface area contributed by atoms with E-state index in [9.17, 15) is 9.50 Å². The van der Waals surface area contributed by atoms with E-state index in [-0.39, 0.29) is 17.0 Å². The molecular formula is C16H15FO. The molecule has 2 heteroatoms. The molecule has 0 aliphatic heterocycles. The van der Waals surface area contributed by atoms with E-state index in [2.05, 4.69) is 5.92 Å². The molecule has 0 spiro atoms. The van der Waals surface area contributed by atoms with Gasteiger partial charge in [-0.25, -0.2) is 4.39 Å². The number of rotatable bonds is 0. The second-order valence-corrected chi connectivity index (χ2v) is 5.44. The standard InChI is InChI=1S/C16H15FO/c1-5-10-6-12(17)7-11-8-13(18)9-14(15(10)11)16(2,3)4/h1,6-9,18H,2-4H3. The normalized spacial score (nSPS) is 11.5. The molecule has 0 saturated heterocycles. The van der Waals surface area contributed by atoms with Gasteiger partial charge in [-0.05, 0) is 40.6 Å². The van der Waals surface area contributed by atoms with Crippen LogP contribution < -0.4 is 0 Å². The third-order valence-electron chi connectivity index (χ3n) is 2.96. The highest BCUT2D eigenvalue weighted by Crippen LogP contribution is 2.35. The smallest absolute Gasteiger partial charge is 0.125 e. The second kappa shape index (κ2) is 4.03. The molecule has 18 heavy (non-hydrogen) atoms. The van der Waals surface area contributed by atoms with Crippen LogP contribution in [0.5, 0.6) is 5.75 Å². The summed E-state index contributed by atoms with van der Waals surface area (Å²) < 4.78 is 13.5. The van der Waals surface area contributed by atoms with E-state index in [1.54, 1.807) is 6.07 Å². The number of hydrogen-bond acceptors (Lipinski definition) is 1. The summed E-state index contributed by atoms with van der Waals surface area (Å²) >= 11 is 0. The highest BCUT2D eigenvalue weighted by atomic mass is 19.1. The molecule has 0 aromatic heterocycles. The minimum Gasteiger partial charge on any atom is -0.508 e. The number of aromatic hydroxyl groups is 1. The lowest BCUT2D eigenvalue weighted by Gasteiger charge is -2.22. The summed E-state index contributed by atoms with van der Waals surface area (Å²) in [4.78, 5) is 0. The van der Waals surface area contributed by atoms with Crippen molar-refractivity contribution in [1.82, 2.24) is 0 Å². The van der Waals surface area contributed by atoms with Crippen LogP contribution in [-0.2, 0) is 5.41 Å². The van der Waals surface area contributed by atoms with Crippen LogP contribution in [0.3, 0.4) is 0 Å². The fourth-order valence-electron chi connectivity index (χ4n) is 2.17. The molecule has 0 aliphatic carbocycles. The third kappa shape index (κ3) is 2.04. The molecule has 0 unspecified atom stereocenters. The molecule has 0 atom stereocenters. The van der Waals surface area contributed by atoms with Crippen molar-refractivity contribution >= 4 is 10.8 Å². The molecule has 0 aliphatic rings. The van der Waals surface area contributed by atoms with Gasteiger partial charge in [0.2, 0.25) is 0 Å². The number of terminal acetylenes is 1. The van der Waals surface area contributed by atoms with Gasteiger partial charge in [-0.3, -0.25) is 0 Å². The Hall–Kier alpha value is -2.01. The van der Waals surface area contributed by atoms with Gasteiger partial charge in [0.15, 0.2) is 0 Å². The molecule has 0 radical (unpaired) electrons. The number of phenolic OH excluding ortho intramolecular Hbond substituents is 1. The number of halogens is 1. The van der Waals surface area contributed by atoms with Gasteiger partial charge in [0.05, 0.1) is 0 Å². The summed E-state index contributed by atoms with van der Waals surface area (Å²) in [5.41, 5.74) is 1.26. The van der Waals surface area contributed by atoms with Crippen LogP contribution >= 0.6 is 0 Å². The Morgan fingerprint density at radius 3 is 2.39 bits per heavy atom. The van der Waals surface area contributed by atoms with Crippen LogP contribution in [0.25, 0.3) is 10.8 Å². The number of phenols is 1. The molecule has 0 bridgehead atoms. The SMILES string of the molecule is C#Cc1cc(F)cc2cc(O)cc(C(C)(C)C)c12. The number of fused-ring (bicyclic) bond motifs is 1. The average Bonchev–Trinajstić information content (AvgIpc) is 2.24. The van der Waals surface area contributed by atoms with Crippen LogP contribution in [0.15, 0.2) is 24.3 Å². The Kier molecular flexibility index (Phi) is 2.78. The highest BCUT2D eigenvalue weighted by molar-refractivity contribution is 5.93. The van der Waals surface area contributed by atoms with E-state index in [4.69, 9.17) is 6.42 Å². The lowest BCUT2D eigenvalue weighted by molar-refractivity contribution is 0.472. The first-order valence-corrected chi connectivity index (χ1v) is 5.76. The molecule has 1 nitrogen and oxygen atoms in total.